The van der Waals surface area contributed by atoms with Crippen molar-refractivity contribution in [3.63, 3.8) is 0 Å². The largest absolute Gasteiger partial charge is 0.331 e. The summed E-state index contributed by atoms with van der Waals surface area (Å²) >= 11 is 1.81. The molecule has 0 bridgehead atoms. The topological polar surface area (TPSA) is 55.2 Å². The van der Waals surface area contributed by atoms with Crippen LogP contribution in [-0.2, 0) is 6.54 Å². The van der Waals surface area contributed by atoms with Crippen LogP contribution < -0.4 is 0 Å². The molecule has 0 saturated carbocycles. The second kappa shape index (κ2) is 11.3. The van der Waals surface area contributed by atoms with Crippen LogP contribution in [0.3, 0.4) is 0 Å². The third-order valence-corrected chi connectivity index (χ3v) is 5.92. The lowest BCUT2D eigenvalue weighted by Gasteiger charge is -2.14. The van der Waals surface area contributed by atoms with E-state index in [-0.39, 0.29) is 11.8 Å². The molecule has 1 unspecified atom stereocenters. The summed E-state index contributed by atoms with van der Waals surface area (Å²) in [5.74, 6) is -0.435. The first-order valence-electron chi connectivity index (χ1n) is 10.4. The number of nitrogens with zero attached hydrogens (tertiary/aromatic N) is 3. The minimum atomic E-state index is -0.218. The predicted molar refractivity (Wildman–Crippen MR) is 133 cm³/mol. The van der Waals surface area contributed by atoms with Gasteiger partial charge in [-0.1, -0.05) is 49.1 Å². The molecule has 0 N–H and O–H groups in total. The Bertz CT molecular complexity index is 1130. The van der Waals surface area contributed by atoms with E-state index in [0.29, 0.717) is 29.5 Å². The summed E-state index contributed by atoms with van der Waals surface area (Å²) in [6.07, 6.45) is 15.9. The van der Waals surface area contributed by atoms with Crippen LogP contribution in [0.1, 0.15) is 27.6 Å². The quantitative estimate of drug-likeness (QED) is 0.279. The fraction of sp³-hybridized carbons (Fsp3) is 0.192. The molecule has 3 heterocycles. The van der Waals surface area contributed by atoms with Gasteiger partial charge in [0.1, 0.15) is 5.65 Å². The number of allylic oxidation sites excluding steroid dienone is 3. The lowest BCUT2D eigenvalue weighted by molar-refractivity contribution is 0.0649. The van der Waals surface area contributed by atoms with Gasteiger partial charge in [-0.05, 0) is 43.5 Å². The maximum Gasteiger partial charge on any atom is 0.261 e. The second-order valence-corrected chi connectivity index (χ2v) is 8.10. The molecule has 6 heteroatoms. The number of benzene rings is 1. The zero-order valence-corrected chi connectivity index (χ0v) is 19.2. The summed E-state index contributed by atoms with van der Waals surface area (Å²) < 4.78 is 1.96. The maximum absolute atomic E-state index is 12.3. The first-order valence-corrected chi connectivity index (χ1v) is 11.7. The van der Waals surface area contributed by atoms with E-state index in [4.69, 9.17) is 0 Å². The van der Waals surface area contributed by atoms with E-state index in [9.17, 15) is 9.59 Å². The fourth-order valence-corrected chi connectivity index (χ4v) is 4.01. The number of amides is 2. The van der Waals surface area contributed by atoms with Gasteiger partial charge in [0, 0.05) is 36.1 Å². The molecular formula is C26H27N3O2S. The first kappa shape index (κ1) is 23.3. The van der Waals surface area contributed by atoms with Gasteiger partial charge in [0.2, 0.25) is 0 Å². The molecule has 1 aliphatic rings. The van der Waals surface area contributed by atoms with Gasteiger partial charge in [-0.25, -0.2) is 4.98 Å². The number of thioether (sulfide) groups is 1. The van der Waals surface area contributed by atoms with Crippen LogP contribution >= 0.6 is 11.8 Å². The highest BCUT2D eigenvalue weighted by Gasteiger charge is 2.34. The van der Waals surface area contributed by atoms with Crippen molar-refractivity contribution in [2.75, 3.05) is 12.8 Å². The molecule has 1 aromatic carbocycles. The van der Waals surface area contributed by atoms with E-state index >= 15 is 0 Å². The summed E-state index contributed by atoms with van der Waals surface area (Å²) in [5.41, 5.74) is 1.84. The van der Waals surface area contributed by atoms with E-state index < -0.39 is 0 Å². The summed E-state index contributed by atoms with van der Waals surface area (Å²) in [4.78, 5) is 30.3. The zero-order chi connectivity index (χ0) is 22.9. The Morgan fingerprint density at radius 3 is 2.38 bits per heavy atom. The smallest absolute Gasteiger partial charge is 0.261 e. The van der Waals surface area contributed by atoms with Crippen LogP contribution in [0.25, 0.3) is 11.0 Å². The summed E-state index contributed by atoms with van der Waals surface area (Å²) in [6, 6.07) is 12.8. The lowest BCUT2D eigenvalue weighted by Crippen LogP contribution is -2.32. The summed E-state index contributed by atoms with van der Waals surface area (Å²) in [7, 11) is 0. The predicted octanol–water partition coefficient (Wildman–Crippen LogP) is 5.37. The minimum absolute atomic E-state index is 0.218. The number of imide groups is 1. The van der Waals surface area contributed by atoms with Crippen LogP contribution in [0, 0.1) is 0 Å². The Labute approximate surface area is 193 Å². The van der Waals surface area contributed by atoms with Crippen LogP contribution in [0.2, 0.25) is 0 Å². The number of hydrogen-bond donors (Lipinski definition) is 0. The van der Waals surface area contributed by atoms with Gasteiger partial charge < -0.3 is 4.57 Å². The average molecular weight is 446 g/mol. The SMILES string of the molecule is C=CC=CC(/C=C\C)SC.O=C1c2ccccc2C(=O)N1CCn1ccc2cccnc21. The number of aromatic nitrogens is 2. The molecule has 3 aromatic rings. The molecule has 0 aliphatic carbocycles. The average Bonchev–Trinajstić information content (AvgIpc) is 3.35. The second-order valence-electron chi connectivity index (χ2n) is 7.08. The lowest BCUT2D eigenvalue weighted by atomic mass is 10.1. The van der Waals surface area contributed by atoms with Crippen LogP contribution in [0.4, 0.5) is 0 Å². The van der Waals surface area contributed by atoms with Gasteiger partial charge in [0.15, 0.2) is 0 Å². The van der Waals surface area contributed by atoms with Crippen molar-refractivity contribution < 1.29 is 9.59 Å². The van der Waals surface area contributed by atoms with Gasteiger partial charge in [0.25, 0.3) is 11.8 Å². The zero-order valence-electron chi connectivity index (χ0n) is 18.3. The van der Waals surface area contributed by atoms with E-state index in [1.807, 2.05) is 53.7 Å². The molecule has 2 aromatic heterocycles. The van der Waals surface area contributed by atoms with E-state index in [0.717, 1.165) is 11.0 Å². The van der Waals surface area contributed by atoms with Crippen molar-refractivity contribution in [3.05, 3.63) is 103 Å². The molecule has 1 atom stereocenters. The standard InChI is InChI=1S/C17H13N3O2.C9H14S/c21-16-13-5-1-2-6-14(13)17(22)20(16)11-10-19-9-7-12-4-3-8-18-15(12)19;1-4-6-8-9(10-3)7-5-2/h1-9H,10-11H2;4-9H,1H2,2-3H3/b;7-5-,8-6?. The molecule has 0 radical (unpaired) electrons. The normalized spacial score (nSPS) is 14.1. The molecular weight excluding hydrogens is 418 g/mol. The highest BCUT2D eigenvalue weighted by Crippen LogP contribution is 2.22. The van der Waals surface area contributed by atoms with Crippen LogP contribution in [0.15, 0.2) is 91.8 Å². The molecule has 0 fully saturated rings. The number of carbonyl (C=O) groups is 2. The molecule has 2 amide bonds. The number of fused-ring (bicyclic) bond motifs is 2. The van der Waals surface area contributed by atoms with E-state index in [2.05, 4.69) is 36.0 Å². The highest BCUT2D eigenvalue weighted by atomic mass is 32.2. The van der Waals surface area contributed by atoms with Crippen molar-refractivity contribution in [2.24, 2.45) is 0 Å². The third kappa shape index (κ3) is 5.26. The minimum Gasteiger partial charge on any atom is -0.331 e. The number of carbonyl (C=O) groups excluding carboxylic acids is 2. The molecule has 32 heavy (non-hydrogen) atoms. The van der Waals surface area contributed by atoms with Gasteiger partial charge in [-0.15, -0.1) is 0 Å². The maximum atomic E-state index is 12.3. The van der Waals surface area contributed by atoms with E-state index in [1.54, 1.807) is 36.5 Å². The van der Waals surface area contributed by atoms with Crippen molar-refractivity contribution in [1.29, 1.82) is 0 Å². The molecule has 0 spiro atoms. The Kier molecular flexibility index (Phi) is 8.22. The Morgan fingerprint density at radius 2 is 1.75 bits per heavy atom. The molecule has 4 rings (SSSR count). The number of hydrogen-bond acceptors (Lipinski definition) is 4. The summed E-state index contributed by atoms with van der Waals surface area (Å²) in [5, 5.41) is 1.55. The molecule has 5 nitrogen and oxygen atoms in total. The Hall–Kier alpha value is -3.38. The summed E-state index contributed by atoms with van der Waals surface area (Å²) in [6.45, 7) is 6.51. The number of rotatable bonds is 7. The Balaban J connectivity index is 0.000000247. The highest BCUT2D eigenvalue weighted by molar-refractivity contribution is 7.99. The van der Waals surface area contributed by atoms with Crippen molar-refractivity contribution in [3.8, 4) is 0 Å². The molecule has 0 saturated heterocycles. The number of pyridine rings is 1. The third-order valence-electron chi connectivity index (χ3n) is 5.06. The van der Waals surface area contributed by atoms with Crippen molar-refractivity contribution in [1.82, 2.24) is 14.5 Å². The van der Waals surface area contributed by atoms with Gasteiger partial charge in [0.05, 0.1) is 11.1 Å². The van der Waals surface area contributed by atoms with Gasteiger partial charge in [-0.2, -0.15) is 11.8 Å². The van der Waals surface area contributed by atoms with Crippen molar-refractivity contribution in [2.45, 2.75) is 18.7 Å². The van der Waals surface area contributed by atoms with Crippen molar-refractivity contribution >= 4 is 34.6 Å². The molecule has 1 aliphatic heterocycles. The first-order chi connectivity index (χ1) is 15.6. The van der Waals surface area contributed by atoms with Crippen LogP contribution in [-0.4, -0.2) is 44.3 Å². The Morgan fingerprint density at radius 1 is 1.03 bits per heavy atom. The van der Waals surface area contributed by atoms with Gasteiger partial charge >= 0.3 is 0 Å². The monoisotopic (exact) mass is 445 g/mol. The molecule has 164 valence electrons. The fourth-order valence-electron chi connectivity index (χ4n) is 3.45. The van der Waals surface area contributed by atoms with Gasteiger partial charge in [-0.3, -0.25) is 14.5 Å². The van der Waals surface area contributed by atoms with Crippen LogP contribution in [0.5, 0.6) is 0 Å². The van der Waals surface area contributed by atoms with E-state index in [1.165, 1.54) is 4.90 Å².